The molecule has 0 saturated heterocycles. The molecule has 6 heteroatoms. The highest BCUT2D eigenvalue weighted by molar-refractivity contribution is 6.08. The van der Waals surface area contributed by atoms with Gasteiger partial charge in [-0.1, -0.05) is 6.07 Å². The van der Waals surface area contributed by atoms with E-state index >= 15 is 0 Å². The van der Waals surface area contributed by atoms with Crippen molar-refractivity contribution in [1.82, 2.24) is 4.98 Å². The van der Waals surface area contributed by atoms with Crippen molar-refractivity contribution in [3.8, 4) is 11.6 Å². The quantitative estimate of drug-likeness (QED) is 0.866. The lowest BCUT2D eigenvalue weighted by Gasteiger charge is -2.33. The standard InChI is InChI=1S/C18H19FN2O3/c1-4-23-17-13(9-8-11(2)20-17)18(22)21-10-12(3)24-16-14(19)6-5-7-15(16)21/h5-9,12H,4,10H2,1-3H3. The third-order valence-electron chi connectivity index (χ3n) is 3.75. The lowest BCUT2D eigenvalue weighted by Crippen LogP contribution is -2.42. The van der Waals surface area contributed by atoms with Crippen molar-refractivity contribution in [3.05, 3.63) is 47.4 Å². The van der Waals surface area contributed by atoms with E-state index in [4.69, 9.17) is 9.47 Å². The fraction of sp³-hybridized carbons (Fsp3) is 0.333. The predicted molar refractivity (Wildman–Crippen MR) is 88.3 cm³/mol. The van der Waals surface area contributed by atoms with Crippen molar-refractivity contribution in [2.24, 2.45) is 0 Å². The van der Waals surface area contributed by atoms with E-state index in [-0.39, 0.29) is 17.8 Å². The van der Waals surface area contributed by atoms with Crippen molar-refractivity contribution in [1.29, 1.82) is 0 Å². The number of ether oxygens (including phenoxy) is 2. The normalized spacial score (nSPS) is 16.3. The van der Waals surface area contributed by atoms with Gasteiger partial charge in [-0.3, -0.25) is 4.79 Å². The van der Waals surface area contributed by atoms with Gasteiger partial charge in [-0.25, -0.2) is 9.37 Å². The Kier molecular flexibility index (Phi) is 4.38. The zero-order chi connectivity index (χ0) is 17.3. The molecular formula is C18H19FN2O3. The van der Waals surface area contributed by atoms with Gasteiger partial charge in [0.15, 0.2) is 11.6 Å². The SMILES string of the molecule is CCOc1nc(C)ccc1C(=O)N1CC(C)Oc2c(F)cccc21. The summed E-state index contributed by atoms with van der Waals surface area (Å²) in [4.78, 5) is 18.9. The average Bonchev–Trinajstić information content (AvgIpc) is 2.55. The number of halogens is 1. The fourth-order valence-electron chi connectivity index (χ4n) is 2.70. The first-order valence-corrected chi connectivity index (χ1v) is 7.88. The summed E-state index contributed by atoms with van der Waals surface area (Å²) in [6, 6.07) is 7.99. The number of carbonyl (C=O) groups excluding carboxylic acids is 1. The highest BCUT2D eigenvalue weighted by atomic mass is 19.1. The van der Waals surface area contributed by atoms with Gasteiger partial charge in [0.25, 0.3) is 5.91 Å². The molecule has 0 fully saturated rings. The van der Waals surface area contributed by atoms with E-state index in [1.165, 1.54) is 11.0 Å². The number of hydrogen-bond donors (Lipinski definition) is 0. The van der Waals surface area contributed by atoms with Crippen LogP contribution in [0, 0.1) is 12.7 Å². The zero-order valence-electron chi connectivity index (χ0n) is 13.9. The molecule has 2 aromatic rings. The van der Waals surface area contributed by atoms with Crippen LogP contribution < -0.4 is 14.4 Å². The Labute approximate surface area is 140 Å². The smallest absolute Gasteiger partial charge is 0.264 e. The summed E-state index contributed by atoms with van der Waals surface area (Å²) >= 11 is 0. The zero-order valence-corrected chi connectivity index (χ0v) is 13.9. The maximum atomic E-state index is 14.0. The molecule has 3 rings (SSSR count). The van der Waals surface area contributed by atoms with Gasteiger partial charge in [0.05, 0.1) is 18.8 Å². The van der Waals surface area contributed by atoms with Crippen LogP contribution >= 0.6 is 0 Å². The summed E-state index contributed by atoms with van der Waals surface area (Å²) in [5, 5.41) is 0. The molecule has 1 amide bonds. The Morgan fingerprint density at radius 1 is 1.42 bits per heavy atom. The van der Waals surface area contributed by atoms with E-state index in [0.29, 0.717) is 30.3 Å². The fourth-order valence-corrected chi connectivity index (χ4v) is 2.70. The van der Waals surface area contributed by atoms with Crippen molar-refractivity contribution in [3.63, 3.8) is 0 Å². The number of carbonyl (C=O) groups is 1. The number of hydrogen-bond acceptors (Lipinski definition) is 4. The van der Waals surface area contributed by atoms with E-state index in [2.05, 4.69) is 4.98 Å². The topological polar surface area (TPSA) is 51.7 Å². The highest BCUT2D eigenvalue weighted by Crippen LogP contribution is 2.37. The van der Waals surface area contributed by atoms with Gasteiger partial charge >= 0.3 is 0 Å². The molecule has 5 nitrogen and oxygen atoms in total. The number of amides is 1. The molecule has 0 radical (unpaired) electrons. The Morgan fingerprint density at radius 3 is 2.96 bits per heavy atom. The van der Waals surface area contributed by atoms with Crippen LogP contribution in [0.3, 0.4) is 0 Å². The number of para-hydroxylation sites is 1. The maximum absolute atomic E-state index is 14.0. The number of fused-ring (bicyclic) bond motifs is 1. The number of nitrogens with zero attached hydrogens (tertiary/aromatic N) is 2. The van der Waals surface area contributed by atoms with Gasteiger partial charge in [-0.05, 0) is 45.0 Å². The van der Waals surface area contributed by atoms with Crippen molar-refractivity contribution >= 4 is 11.6 Å². The molecule has 0 N–H and O–H groups in total. The minimum atomic E-state index is -0.482. The largest absolute Gasteiger partial charge is 0.484 e. The summed E-state index contributed by atoms with van der Waals surface area (Å²) in [7, 11) is 0. The molecule has 126 valence electrons. The van der Waals surface area contributed by atoms with Gasteiger partial charge in [0.1, 0.15) is 11.7 Å². The van der Waals surface area contributed by atoms with Crippen molar-refractivity contribution in [2.75, 3.05) is 18.1 Å². The lowest BCUT2D eigenvalue weighted by atomic mass is 10.1. The Balaban J connectivity index is 2.04. The van der Waals surface area contributed by atoms with Gasteiger partial charge < -0.3 is 14.4 Å². The number of anilines is 1. The van der Waals surface area contributed by atoms with Crippen molar-refractivity contribution in [2.45, 2.75) is 26.9 Å². The van der Waals surface area contributed by atoms with Crippen LogP contribution in [-0.4, -0.2) is 30.1 Å². The van der Waals surface area contributed by atoms with Crippen LogP contribution in [0.1, 0.15) is 29.9 Å². The van der Waals surface area contributed by atoms with Crippen LogP contribution in [-0.2, 0) is 0 Å². The number of aryl methyl sites for hydroxylation is 1. The Hall–Kier alpha value is -2.63. The summed E-state index contributed by atoms with van der Waals surface area (Å²) in [6.07, 6.45) is -0.313. The van der Waals surface area contributed by atoms with Gasteiger partial charge in [0, 0.05) is 5.69 Å². The highest BCUT2D eigenvalue weighted by Gasteiger charge is 2.31. The van der Waals surface area contributed by atoms with Crippen LogP contribution in [0.25, 0.3) is 0 Å². The second-order valence-electron chi connectivity index (χ2n) is 5.67. The molecule has 1 unspecified atom stereocenters. The number of pyridine rings is 1. The molecule has 24 heavy (non-hydrogen) atoms. The van der Waals surface area contributed by atoms with E-state index in [1.54, 1.807) is 31.2 Å². The predicted octanol–water partition coefficient (Wildman–Crippen LogP) is 3.36. The van der Waals surface area contributed by atoms with E-state index in [1.807, 2.05) is 13.8 Å². The third kappa shape index (κ3) is 2.91. The summed E-state index contributed by atoms with van der Waals surface area (Å²) in [5.41, 5.74) is 1.53. The number of benzene rings is 1. The van der Waals surface area contributed by atoms with Crippen LogP contribution in [0.4, 0.5) is 10.1 Å². The summed E-state index contributed by atoms with van der Waals surface area (Å²) in [6.45, 7) is 6.20. The molecule has 0 bridgehead atoms. The minimum absolute atomic E-state index is 0.0997. The molecule has 0 saturated carbocycles. The van der Waals surface area contributed by atoms with E-state index in [0.717, 1.165) is 5.69 Å². The van der Waals surface area contributed by atoms with E-state index in [9.17, 15) is 9.18 Å². The van der Waals surface area contributed by atoms with Gasteiger partial charge in [-0.2, -0.15) is 0 Å². The average molecular weight is 330 g/mol. The minimum Gasteiger partial charge on any atom is -0.484 e. The molecule has 1 aromatic heterocycles. The molecular weight excluding hydrogens is 311 g/mol. The second-order valence-corrected chi connectivity index (χ2v) is 5.67. The van der Waals surface area contributed by atoms with Gasteiger partial charge in [-0.15, -0.1) is 0 Å². The maximum Gasteiger partial charge on any atom is 0.264 e. The first-order chi connectivity index (χ1) is 11.5. The number of aromatic nitrogens is 1. The van der Waals surface area contributed by atoms with Crippen LogP contribution in [0.2, 0.25) is 0 Å². The second kappa shape index (κ2) is 6.47. The number of rotatable bonds is 3. The first kappa shape index (κ1) is 16.2. The molecule has 2 heterocycles. The molecule has 1 aromatic carbocycles. The van der Waals surface area contributed by atoms with Crippen molar-refractivity contribution < 1.29 is 18.7 Å². The Bertz CT molecular complexity index is 779. The van der Waals surface area contributed by atoms with Crippen LogP contribution in [0.5, 0.6) is 11.6 Å². The molecule has 1 aliphatic heterocycles. The third-order valence-corrected chi connectivity index (χ3v) is 3.75. The first-order valence-electron chi connectivity index (χ1n) is 7.88. The molecule has 1 aliphatic rings. The van der Waals surface area contributed by atoms with Crippen LogP contribution in [0.15, 0.2) is 30.3 Å². The summed E-state index contributed by atoms with van der Waals surface area (Å²) < 4.78 is 25.1. The lowest BCUT2D eigenvalue weighted by molar-refractivity contribution is 0.0954. The van der Waals surface area contributed by atoms with Gasteiger partial charge in [0.2, 0.25) is 5.88 Å². The Morgan fingerprint density at radius 2 is 2.21 bits per heavy atom. The van der Waals surface area contributed by atoms with E-state index < -0.39 is 5.82 Å². The molecule has 1 atom stereocenters. The monoisotopic (exact) mass is 330 g/mol. The molecule has 0 spiro atoms. The summed E-state index contributed by atoms with van der Waals surface area (Å²) in [5.74, 6) is -0.376. The molecule has 0 aliphatic carbocycles.